The molecule has 3 heterocycles. The van der Waals surface area contributed by atoms with Crippen LogP contribution in [0.4, 0.5) is 0 Å². The summed E-state index contributed by atoms with van der Waals surface area (Å²) in [7, 11) is 0. The molecule has 0 spiro atoms. The minimum atomic E-state index is 0.685. The molecule has 0 aliphatic carbocycles. The highest BCUT2D eigenvalue weighted by atomic mass is 15.7. The van der Waals surface area contributed by atoms with Crippen molar-refractivity contribution in [1.29, 1.82) is 5.26 Å². The molecule has 1 saturated heterocycles. The molecule has 4 rings (SSSR count). The molecule has 0 N–H and O–H groups in total. The van der Waals surface area contributed by atoms with Gasteiger partial charge >= 0.3 is 0 Å². The molecule has 1 aromatic heterocycles. The van der Waals surface area contributed by atoms with Gasteiger partial charge in [0.1, 0.15) is 6.67 Å². The minimum absolute atomic E-state index is 0.685. The predicted octanol–water partition coefficient (Wildman–Crippen LogP) is 2.19. The fourth-order valence-electron chi connectivity index (χ4n) is 3.27. The van der Waals surface area contributed by atoms with Gasteiger partial charge in [0.05, 0.1) is 29.9 Å². The third kappa shape index (κ3) is 1.95. The van der Waals surface area contributed by atoms with Gasteiger partial charge in [-0.3, -0.25) is 5.01 Å². The second-order valence-corrected chi connectivity index (χ2v) is 5.63. The zero-order valence-corrected chi connectivity index (χ0v) is 11.9. The molecule has 0 amide bonds. The van der Waals surface area contributed by atoms with E-state index < -0.39 is 0 Å². The van der Waals surface area contributed by atoms with Gasteiger partial charge in [-0.1, -0.05) is 6.07 Å². The van der Waals surface area contributed by atoms with Crippen molar-refractivity contribution in [2.45, 2.75) is 19.3 Å². The van der Waals surface area contributed by atoms with E-state index in [1.807, 2.05) is 23.0 Å². The fraction of sp³-hybridized carbons (Fsp3) is 0.375. The monoisotopic (exact) mass is 279 g/mol. The van der Waals surface area contributed by atoms with Gasteiger partial charge in [0.2, 0.25) is 0 Å². The summed E-state index contributed by atoms with van der Waals surface area (Å²) in [5.41, 5.74) is 3.17. The first kappa shape index (κ1) is 12.3. The van der Waals surface area contributed by atoms with Crippen molar-refractivity contribution in [3.05, 3.63) is 41.7 Å². The minimum Gasteiger partial charge on any atom is -0.356 e. The lowest BCUT2D eigenvalue weighted by molar-refractivity contribution is 0.253. The van der Waals surface area contributed by atoms with Gasteiger partial charge in [0, 0.05) is 17.6 Å². The van der Waals surface area contributed by atoms with Gasteiger partial charge in [-0.25, -0.2) is 0 Å². The molecule has 2 aromatic rings. The molecule has 1 fully saturated rings. The Hall–Kier alpha value is -2.48. The van der Waals surface area contributed by atoms with E-state index in [4.69, 9.17) is 0 Å². The average molecular weight is 279 g/mol. The van der Waals surface area contributed by atoms with Crippen molar-refractivity contribution < 1.29 is 0 Å². The summed E-state index contributed by atoms with van der Waals surface area (Å²) in [6, 6.07) is 8.03. The Morgan fingerprint density at radius 2 is 2.19 bits per heavy atom. The van der Waals surface area contributed by atoms with E-state index in [9.17, 15) is 5.26 Å². The summed E-state index contributed by atoms with van der Waals surface area (Å²) in [5, 5.41) is 16.8. The zero-order chi connectivity index (χ0) is 14.2. The molecule has 2 aliphatic heterocycles. The number of hydrogen-bond donors (Lipinski definition) is 0. The lowest BCUT2D eigenvalue weighted by Gasteiger charge is -2.40. The number of allylic oxidation sites excluding steroid dienone is 1. The Morgan fingerprint density at radius 1 is 1.24 bits per heavy atom. The number of nitrogens with zero attached hydrogens (tertiary/aromatic N) is 5. The highest BCUT2D eigenvalue weighted by Crippen LogP contribution is 2.24. The standard InChI is InChI=1S/C16H17N5/c17-10-13-4-3-6-16-15(13)11-18-21(16)20-9-7-14-5-1-2-8-19(14)12-20/h3-4,6-7,11H,1-2,5,8-9,12H2. The Bertz CT molecular complexity index is 752. The SMILES string of the molecule is N#Cc1cccc2c1cnn2N1CC=C2CCCCN2C1. The van der Waals surface area contributed by atoms with E-state index in [1.54, 1.807) is 6.20 Å². The van der Waals surface area contributed by atoms with Gasteiger partial charge in [-0.15, -0.1) is 0 Å². The van der Waals surface area contributed by atoms with Gasteiger partial charge in [-0.05, 0) is 37.5 Å². The average Bonchev–Trinajstić information content (AvgIpc) is 2.98. The van der Waals surface area contributed by atoms with E-state index in [0.29, 0.717) is 5.56 Å². The summed E-state index contributed by atoms with van der Waals surface area (Å²) < 4.78 is 0. The number of fused-ring (bicyclic) bond motifs is 2. The van der Waals surface area contributed by atoms with Crippen molar-refractivity contribution in [2.24, 2.45) is 0 Å². The van der Waals surface area contributed by atoms with E-state index in [2.05, 4.69) is 27.2 Å². The summed E-state index contributed by atoms with van der Waals surface area (Å²) >= 11 is 0. The summed E-state index contributed by atoms with van der Waals surface area (Å²) in [6.07, 6.45) is 7.88. The van der Waals surface area contributed by atoms with E-state index >= 15 is 0 Å². The quantitative estimate of drug-likeness (QED) is 0.803. The van der Waals surface area contributed by atoms with Crippen molar-refractivity contribution in [3.63, 3.8) is 0 Å². The third-order valence-electron chi connectivity index (χ3n) is 4.37. The molecule has 1 aromatic carbocycles. The third-order valence-corrected chi connectivity index (χ3v) is 4.37. The molecule has 5 nitrogen and oxygen atoms in total. The molecular weight excluding hydrogens is 262 g/mol. The lowest BCUT2D eigenvalue weighted by Crippen LogP contribution is -2.49. The van der Waals surface area contributed by atoms with Crippen LogP contribution in [0.2, 0.25) is 0 Å². The first-order valence-electron chi connectivity index (χ1n) is 7.43. The van der Waals surface area contributed by atoms with E-state index in [0.717, 1.165) is 30.7 Å². The van der Waals surface area contributed by atoms with Crippen molar-refractivity contribution in [3.8, 4) is 6.07 Å². The van der Waals surface area contributed by atoms with Gasteiger partial charge < -0.3 is 4.90 Å². The molecule has 0 bridgehead atoms. The largest absolute Gasteiger partial charge is 0.356 e. The Balaban J connectivity index is 1.72. The summed E-state index contributed by atoms with van der Waals surface area (Å²) in [4.78, 5) is 4.38. The number of hydrogen-bond acceptors (Lipinski definition) is 4. The van der Waals surface area contributed by atoms with Crippen LogP contribution in [0.5, 0.6) is 0 Å². The maximum absolute atomic E-state index is 9.19. The summed E-state index contributed by atoms with van der Waals surface area (Å²) in [6.45, 7) is 2.88. The topological polar surface area (TPSA) is 48.1 Å². The van der Waals surface area contributed by atoms with Gasteiger partial charge in [-0.2, -0.15) is 15.2 Å². The predicted molar refractivity (Wildman–Crippen MR) is 81.0 cm³/mol. The number of nitriles is 1. The molecule has 0 atom stereocenters. The van der Waals surface area contributed by atoms with Crippen LogP contribution in [0.25, 0.3) is 10.9 Å². The zero-order valence-electron chi connectivity index (χ0n) is 11.9. The van der Waals surface area contributed by atoms with E-state index in [-0.39, 0.29) is 0 Å². The molecule has 0 saturated carbocycles. The molecule has 21 heavy (non-hydrogen) atoms. The van der Waals surface area contributed by atoms with Crippen LogP contribution in [-0.2, 0) is 0 Å². The molecule has 106 valence electrons. The van der Waals surface area contributed by atoms with E-state index in [1.165, 1.54) is 25.0 Å². The van der Waals surface area contributed by atoms with Crippen LogP contribution < -0.4 is 5.01 Å². The van der Waals surface area contributed by atoms with Crippen molar-refractivity contribution >= 4 is 10.9 Å². The number of rotatable bonds is 1. The molecule has 0 unspecified atom stereocenters. The first-order chi connectivity index (χ1) is 10.4. The maximum atomic E-state index is 9.19. The molecular formula is C16H17N5. The van der Waals surface area contributed by atoms with Crippen LogP contribution in [0.1, 0.15) is 24.8 Å². The second-order valence-electron chi connectivity index (χ2n) is 5.63. The van der Waals surface area contributed by atoms with Crippen molar-refractivity contribution in [1.82, 2.24) is 14.8 Å². The van der Waals surface area contributed by atoms with Crippen LogP contribution >= 0.6 is 0 Å². The molecule has 5 heteroatoms. The van der Waals surface area contributed by atoms with Crippen LogP contribution in [0.3, 0.4) is 0 Å². The first-order valence-corrected chi connectivity index (χ1v) is 7.43. The Labute approximate surface area is 123 Å². The molecule has 2 aliphatic rings. The fourth-order valence-corrected chi connectivity index (χ4v) is 3.27. The molecule has 0 radical (unpaired) electrons. The smallest absolute Gasteiger partial charge is 0.107 e. The van der Waals surface area contributed by atoms with Gasteiger partial charge in [0.15, 0.2) is 0 Å². The Morgan fingerprint density at radius 3 is 3.10 bits per heavy atom. The summed E-state index contributed by atoms with van der Waals surface area (Å²) in [5.74, 6) is 0. The Kier molecular flexibility index (Phi) is 2.81. The maximum Gasteiger partial charge on any atom is 0.107 e. The number of benzene rings is 1. The van der Waals surface area contributed by atoms with Crippen LogP contribution in [0.15, 0.2) is 36.2 Å². The number of piperidine rings is 1. The number of aromatic nitrogens is 2. The highest BCUT2D eigenvalue weighted by molar-refractivity contribution is 5.84. The highest BCUT2D eigenvalue weighted by Gasteiger charge is 2.23. The normalized spacial score (nSPS) is 18.3. The lowest BCUT2D eigenvalue weighted by atomic mass is 10.1. The van der Waals surface area contributed by atoms with Crippen LogP contribution in [-0.4, -0.2) is 34.5 Å². The van der Waals surface area contributed by atoms with Crippen LogP contribution in [0, 0.1) is 11.3 Å². The van der Waals surface area contributed by atoms with Crippen molar-refractivity contribution in [2.75, 3.05) is 24.8 Å². The second kappa shape index (κ2) is 4.81. The van der Waals surface area contributed by atoms with Gasteiger partial charge in [0.25, 0.3) is 0 Å².